The number of ether oxygens (including phenoxy) is 1. The molecule has 0 N–H and O–H groups in total. The van der Waals surface area contributed by atoms with Gasteiger partial charge in [-0.1, -0.05) is 6.07 Å². The van der Waals surface area contributed by atoms with Crippen LogP contribution in [0.1, 0.15) is 5.69 Å². The smallest absolute Gasteiger partial charge is 0.481 e. The number of hydrogen-bond donors (Lipinski definition) is 0. The number of hydrogen-bond acceptors (Lipinski definition) is 7. The molecule has 0 radical (unpaired) electrons. The molecule has 3 aromatic heterocycles. The van der Waals surface area contributed by atoms with Gasteiger partial charge in [0.2, 0.25) is 11.6 Å². The van der Waals surface area contributed by atoms with Gasteiger partial charge in [-0.3, -0.25) is 0 Å². The zero-order chi connectivity index (χ0) is 20.8. The quantitative estimate of drug-likeness (QED) is 0.373. The molecule has 0 atom stereocenters. The maximum atomic E-state index is 13.9. The first-order valence-electron chi connectivity index (χ1n) is 7.99. The number of nitrogens with zero attached hydrogens (tertiary/aromatic N) is 5. The fourth-order valence-corrected chi connectivity index (χ4v) is 2.97. The fourth-order valence-electron chi connectivity index (χ4n) is 2.97. The Kier molecular flexibility index (Phi) is 4.18. The van der Waals surface area contributed by atoms with Crippen molar-refractivity contribution in [1.82, 2.24) is 19.7 Å². The van der Waals surface area contributed by atoms with Crippen LogP contribution < -0.4 is 4.74 Å². The summed E-state index contributed by atoms with van der Waals surface area (Å²) in [6.07, 6.45) is -1.71. The van der Waals surface area contributed by atoms with Crippen LogP contribution in [0.25, 0.3) is 27.7 Å². The highest BCUT2D eigenvalue weighted by molar-refractivity contribution is 5.93. The largest absolute Gasteiger partial charge is 0.546 e. The van der Waals surface area contributed by atoms with E-state index in [0.717, 1.165) is 12.5 Å². The van der Waals surface area contributed by atoms with E-state index in [1.54, 1.807) is 12.1 Å². The van der Waals surface area contributed by atoms with Crippen LogP contribution in [0.2, 0.25) is 0 Å². The first-order chi connectivity index (χ1) is 13.8. The molecule has 1 aromatic carbocycles. The maximum Gasteiger partial charge on any atom is 0.546 e. The molecule has 4 rings (SSSR count). The molecule has 12 heteroatoms. The lowest BCUT2D eigenvalue weighted by atomic mass is 10.1. The molecule has 0 aliphatic rings. The molecular weight excluding hydrogens is 395 g/mol. The van der Waals surface area contributed by atoms with Gasteiger partial charge in [-0.2, -0.15) is 18.3 Å². The molecule has 0 spiro atoms. The topological polar surface area (TPSA) is 109 Å². The van der Waals surface area contributed by atoms with E-state index in [-0.39, 0.29) is 17.3 Å². The molecule has 0 bridgehead atoms. The summed E-state index contributed by atoms with van der Waals surface area (Å²) >= 11 is 0. The number of methoxy groups -OCH3 is 1. The third-order valence-corrected chi connectivity index (χ3v) is 4.13. The highest BCUT2D eigenvalue weighted by atomic mass is 19.4. The van der Waals surface area contributed by atoms with E-state index in [1.165, 1.54) is 25.4 Å². The lowest BCUT2D eigenvalue weighted by Crippen LogP contribution is -2.15. The summed E-state index contributed by atoms with van der Waals surface area (Å²) in [5, 5.41) is 15.5. The van der Waals surface area contributed by atoms with E-state index >= 15 is 0 Å². The molecule has 0 amide bonds. The van der Waals surface area contributed by atoms with E-state index in [9.17, 15) is 23.3 Å². The van der Waals surface area contributed by atoms with E-state index in [2.05, 4.69) is 19.5 Å². The van der Waals surface area contributed by atoms with Crippen molar-refractivity contribution in [3.63, 3.8) is 0 Å². The van der Waals surface area contributed by atoms with E-state index in [0.29, 0.717) is 15.5 Å². The van der Waals surface area contributed by atoms with Gasteiger partial charge >= 0.3 is 12.2 Å². The van der Waals surface area contributed by atoms with Crippen LogP contribution in [-0.2, 0) is 6.18 Å². The number of nitro groups is 1. The number of alkyl halides is 3. The van der Waals surface area contributed by atoms with Gasteiger partial charge in [-0.05, 0) is 18.2 Å². The van der Waals surface area contributed by atoms with Gasteiger partial charge in [-0.25, -0.2) is 9.67 Å². The van der Waals surface area contributed by atoms with Crippen molar-refractivity contribution in [2.45, 2.75) is 6.18 Å². The van der Waals surface area contributed by atoms with Crippen LogP contribution in [0.15, 0.2) is 47.3 Å². The van der Waals surface area contributed by atoms with Gasteiger partial charge in [0.1, 0.15) is 0 Å². The Morgan fingerprint density at radius 1 is 1.24 bits per heavy atom. The molecular formula is C17H10F3N5O4. The van der Waals surface area contributed by atoms with Crippen LogP contribution in [0.5, 0.6) is 5.88 Å². The number of pyridine rings is 1. The minimum atomic E-state index is -4.83. The van der Waals surface area contributed by atoms with Gasteiger partial charge in [0.05, 0.1) is 24.6 Å². The van der Waals surface area contributed by atoms with Gasteiger partial charge in [0.25, 0.3) is 0 Å². The van der Waals surface area contributed by atoms with Crippen LogP contribution in [0.3, 0.4) is 0 Å². The monoisotopic (exact) mass is 405 g/mol. The molecule has 4 aromatic rings. The van der Waals surface area contributed by atoms with E-state index < -0.39 is 28.4 Å². The zero-order valence-electron chi connectivity index (χ0n) is 14.5. The molecule has 0 aliphatic carbocycles. The Hall–Kier alpha value is -3.96. The molecule has 148 valence electrons. The average molecular weight is 405 g/mol. The Labute approximate surface area is 159 Å². The zero-order valence-corrected chi connectivity index (χ0v) is 14.5. The van der Waals surface area contributed by atoms with Gasteiger partial charge in [0, 0.05) is 26.9 Å². The summed E-state index contributed by atoms with van der Waals surface area (Å²) in [7, 11) is 1.40. The SMILES string of the molecule is COc1nccc2c(-n3ncc(-c4coc([N+](=O)[O-])n4)c3C(F)(F)F)cccc12. The highest BCUT2D eigenvalue weighted by Crippen LogP contribution is 2.40. The summed E-state index contributed by atoms with van der Waals surface area (Å²) in [6, 6.07) is 5.28. The third-order valence-electron chi connectivity index (χ3n) is 4.13. The first kappa shape index (κ1) is 18.4. The van der Waals surface area contributed by atoms with Gasteiger partial charge in [0.15, 0.2) is 12.0 Å². The van der Waals surface area contributed by atoms with Crippen LogP contribution >= 0.6 is 0 Å². The molecule has 3 heterocycles. The van der Waals surface area contributed by atoms with Crippen molar-refractivity contribution in [2.75, 3.05) is 7.11 Å². The second-order valence-electron chi connectivity index (χ2n) is 5.78. The molecule has 0 saturated carbocycles. The van der Waals surface area contributed by atoms with Crippen LogP contribution in [0.4, 0.5) is 19.2 Å². The number of fused-ring (bicyclic) bond motifs is 1. The number of benzene rings is 1. The minimum Gasteiger partial charge on any atom is -0.481 e. The molecule has 29 heavy (non-hydrogen) atoms. The number of halogens is 3. The summed E-state index contributed by atoms with van der Waals surface area (Å²) in [5.74, 6) is 0.248. The number of oxazole rings is 1. The van der Waals surface area contributed by atoms with Crippen molar-refractivity contribution in [3.05, 3.63) is 58.7 Å². The number of rotatable bonds is 4. The summed E-state index contributed by atoms with van der Waals surface area (Å²) in [4.78, 5) is 17.4. The fraction of sp³-hybridized carbons (Fsp3) is 0.118. The Morgan fingerprint density at radius 3 is 2.69 bits per heavy atom. The van der Waals surface area contributed by atoms with Crippen molar-refractivity contribution in [2.24, 2.45) is 0 Å². The van der Waals surface area contributed by atoms with Gasteiger partial charge in [-0.15, -0.1) is 0 Å². The lowest BCUT2D eigenvalue weighted by molar-refractivity contribution is -0.407. The maximum absolute atomic E-state index is 13.9. The number of aromatic nitrogens is 4. The molecule has 0 unspecified atom stereocenters. The highest BCUT2D eigenvalue weighted by Gasteiger charge is 2.41. The average Bonchev–Trinajstić information content (AvgIpc) is 3.33. The Bertz CT molecular complexity index is 1230. The molecule has 0 fully saturated rings. The van der Waals surface area contributed by atoms with Crippen molar-refractivity contribution < 1.29 is 27.2 Å². The molecule has 0 saturated heterocycles. The van der Waals surface area contributed by atoms with Crippen LogP contribution in [-0.4, -0.2) is 31.8 Å². The van der Waals surface area contributed by atoms with E-state index in [1.807, 2.05) is 0 Å². The Balaban J connectivity index is 1.98. The molecule has 0 aliphatic heterocycles. The van der Waals surface area contributed by atoms with Crippen molar-refractivity contribution >= 4 is 16.8 Å². The third kappa shape index (κ3) is 3.03. The summed E-state index contributed by atoms with van der Waals surface area (Å²) < 4.78 is 52.3. The van der Waals surface area contributed by atoms with E-state index in [4.69, 9.17) is 4.74 Å². The lowest BCUT2D eigenvalue weighted by Gasteiger charge is -2.14. The van der Waals surface area contributed by atoms with Gasteiger partial charge < -0.3 is 19.3 Å². The standard InChI is InChI=1S/C17H10F3N5O4/c1-28-15-10-3-2-4-13(9(10)5-6-21-15)24-14(17(18,19)20)11(7-22-24)12-8-29-16(23-12)25(26)27/h2-8H,1H3. The summed E-state index contributed by atoms with van der Waals surface area (Å²) in [6.45, 7) is 0. The second-order valence-corrected chi connectivity index (χ2v) is 5.78. The predicted octanol–water partition coefficient (Wildman–Crippen LogP) is 4.01. The predicted molar refractivity (Wildman–Crippen MR) is 92.6 cm³/mol. The normalized spacial score (nSPS) is 11.7. The first-order valence-corrected chi connectivity index (χ1v) is 7.99. The second kappa shape index (κ2) is 6.58. The van der Waals surface area contributed by atoms with Crippen LogP contribution in [0, 0.1) is 10.1 Å². The summed E-state index contributed by atoms with van der Waals surface area (Å²) in [5.41, 5.74) is -1.83. The minimum absolute atomic E-state index is 0.125. The molecule has 9 nitrogen and oxygen atoms in total. The Morgan fingerprint density at radius 2 is 2.03 bits per heavy atom. The van der Waals surface area contributed by atoms with Crippen molar-refractivity contribution in [1.29, 1.82) is 0 Å². The van der Waals surface area contributed by atoms with Crippen molar-refractivity contribution in [3.8, 4) is 22.8 Å².